The minimum absolute atomic E-state index is 0.0654. The third-order valence-corrected chi connectivity index (χ3v) is 2.39. The predicted molar refractivity (Wildman–Crippen MR) is 57.1 cm³/mol. The molecule has 0 radical (unpaired) electrons. The Morgan fingerprint density at radius 1 is 1.57 bits per heavy atom. The van der Waals surface area contributed by atoms with E-state index in [1.807, 2.05) is 0 Å². The molecule has 0 bridgehead atoms. The molecule has 0 unspecified atom stereocenters. The molecule has 1 rings (SSSR count). The Balaban J connectivity index is 2.60. The van der Waals surface area contributed by atoms with Crippen molar-refractivity contribution in [1.29, 1.82) is 0 Å². The Bertz CT molecular complexity index is 346. The maximum Gasteiger partial charge on any atom is 0.230 e. The Morgan fingerprint density at radius 2 is 2.29 bits per heavy atom. The number of benzene rings is 1. The molecular weight excluding hydrogens is 272 g/mol. The summed E-state index contributed by atoms with van der Waals surface area (Å²) in [5, 5.41) is 2.95. The van der Waals surface area contributed by atoms with Crippen LogP contribution in [-0.2, 0) is 11.3 Å². The van der Waals surface area contributed by atoms with Gasteiger partial charge in [0.1, 0.15) is 5.82 Å². The van der Waals surface area contributed by atoms with Gasteiger partial charge in [-0.25, -0.2) is 4.39 Å². The molecule has 76 valence electrons. The number of halogens is 3. The van der Waals surface area contributed by atoms with Gasteiger partial charge in [-0.1, -0.05) is 33.6 Å². The minimum Gasteiger partial charge on any atom is -0.351 e. The van der Waals surface area contributed by atoms with Crippen LogP contribution in [0.4, 0.5) is 4.39 Å². The highest BCUT2D eigenvalue weighted by atomic mass is 79.9. The van der Waals surface area contributed by atoms with Gasteiger partial charge in [0, 0.05) is 6.54 Å². The first-order valence-corrected chi connectivity index (χ1v) is 5.40. The van der Waals surface area contributed by atoms with E-state index in [0.29, 0.717) is 6.54 Å². The first-order valence-electron chi connectivity index (χ1n) is 3.90. The van der Waals surface area contributed by atoms with E-state index in [4.69, 9.17) is 11.6 Å². The van der Waals surface area contributed by atoms with Crippen molar-refractivity contribution < 1.29 is 9.18 Å². The topological polar surface area (TPSA) is 29.1 Å². The smallest absolute Gasteiger partial charge is 0.230 e. The molecule has 0 saturated heterocycles. The van der Waals surface area contributed by atoms with E-state index in [-0.39, 0.29) is 16.3 Å². The number of rotatable bonds is 3. The lowest BCUT2D eigenvalue weighted by atomic mass is 10.2. The second-order valence-electron chi connectivity index (χ2n) is 2.66. The van der Waals surface area contributed by atoms with Gasteiger partial charge in [0.2, 0.25) is 5.91 Å². The van der Waals surface area contributed by atoms with Crippen molar-refractivity contribution in [2.24, 2.45) is 0 Å². The lowest BCUT2D eigenvalue weighted by Crippen LogP contribution is -2.23. The Hall–Kier alpha value is -0.610. The fraction of sp³-hybridized carbons (Fsp3) is 0.222. The van der Waals surface area contributed by atoms with Crippen molar-refractivity contribution >= 4 is 33.4 Å². The Labute approximate surface area is 94.6 Å². The Kier molecular flexibility index (Phi) is 4.35. The fourth-order valence-electron chi connectivity index (χ4n) is 0.897. The summed E-state index contributed by atoms with van der Waals surface area (Å²) < 4.78 is 12.7. The molecular formula is C9H8BrClFNO. The summed E-state index contributed by atoms with van der Waals surface area (Å²) in [6.07, 6.45) is 0. The normalized spacial score (nSPS) is 9.93. The van der Waals surface area contributed by atoms with E-state index in [1.54, 1.807) is 6.07 Å². The summed E-state index contributed by atoms with van der Waals surface area (Å²) in [5.41, 5.74) is 0.769. The molecule has 14 heavy (non-hydrogen) atoms. The van der Waals surface area contributed by atoms with E-state index in [2.05, 4.69) is 21.2 Å². The van der Waals surface area contributed by atoms with Gasteiger partial charge in [-0.3, -0.25) is 4.79 Å². The largest absolute Gasteiger partial charge is 0.351 e. The zero-order valence-corrected chi connectivity index (χ0v) is 9.53. The number of hydrogen-bond donors (Lipinski definition) is 1. The lowest BCUT2D eigenvalue weighted by molar-refractivity contribution is -0.118. The Morgan fingerprint density at radius 3 is 2.86 bits per heavy atom. The summed E-state index contributed by atoms with van der Waals surface area (Å²) in [7, 11) is 0. The summed E-state index contributed by atoms with van der Waals surface area (Å²) in [5.74, 6) is -0.576. The van der Waals surface area contributed by atoms with Crippen LogP contribution in [0.25, 0.3) is 0 Å². The first-order chi connectivity index (χ1) is 6.63. The third kappa shape index (κ3) is 3.27. The summed E-state index contributed by atoms with van der Waals surface area (Å²) >= 11 is 8.58. The molecule has 0 heterocycles. The van der Waals surface area contributed by atoms with Crippen LogP contribution >= 0.6 is 27.5 Å². The maximum absolute atomic E-state index is 12.7. The first kappa shape index (κ1) is 11.5. The van der Waals surface area contributed by atoms with E-state index >= 15 is 0 Å². The molecule has 0 aromatic heterocycles. The molecule has 2 nitrogen and oxygen atoms in total. The maximum atomic E-state index is 12.7. The van der Waals surface area contributed by atoms with E-state index in [0.717, 1.165) is 5.56 Å². The number of hydrogen-bond acceptors (Lipinski definition) is 1. The van der Waals surface area contributed by atoms with Crippen LogP contribution < -0.4 is 5.32 Å². The molecule has 1 aromatic carbocycles. The number of amides is 1. The van der Waals surface area contributed by atoms with Crippen molar-refractivity contribution in [3.63, 3.8) is 0 Å². The number of nitrogens with one attached hydrogen (secondary N) is 1. The summed E-state index contributed by atoms with van der Waals surface area (Å²) in [6.45, 7) is 0.352. The van der Waals surface area contributed by atoms with E-state index in [1.165, 1.54) is 12.1 Å². The van der Waals surface area contributed by atoms with Gasteiger partial charge < -0.3 is 5.32 Å². The van der Waals surface area contributed by atoms with Crippen LogP contribution in [0.2, 0.25) is 5.02 Å². The molecule has 0 fully saturated rings. The lowest BCUT2D eigenvalue weighted by Gasteiger charge is -2.03. The van der Waals surface area contributed by atoms with Crippen molar-refractivity contribution in [1.82, 2.24) is 5.32 Å². The molecule has 0 atom stereocenters. The van der Waals surface area contributed by atoms with Gasteiger partial charge in [0.15, 0.2) is 0 Å². The average Bonchev–Trinajstić information content (AvgIpc) is 2.19. The predicted octanol–water partition coefficient (Wildman–Crippen LogP) is 2.49. The molecule has 1 aromatic rings. The van der Waals surface area contributed by atoms with Crippen LogP contribution in [0.15, 0.2) is 18.2 Å². The third-order valence-electron chi connectivity index (χ3n) is 1.60. The number of carbonyl (C=O) groups is 1. The molecule has 1 amide bonds. The van der Waals surface area contributed by atoms with Gasteiger partial charge in [0.05, 0.1) is 10.4 Å². The van der Waals surface area contributed by atoms with Crippen LogP contribution in [0.1, 0.15) is 5.56 Å². The van der Waals surface area contributed by atoms with Gasteiger partial charge in [-0.2, -0.15) is 0 Å². The van der Waals surface area contributed by atoms with Gasteiger partial charge in [-0.15, -0.1) is 0 Å². The second kappa shape index (κ2) is 5.32. The monoisotopic (exact) mass is 279 g/mol. The number of alkyl halides is 1. The highest BCUT2D eigenvalue weighted by Gasteiger charge is 2.02. The van der Waals surface area contributed by atoms with Gasteiger partial charge in [-0.05, 0) is 17.7 Å². The minimum atomic E-state index is -0.456. The highest BCUT2D eigenvalue weighted by molar-refractivity contribution is 9.09. The standard InChI is InChI=1S/C9H8BrClFNO/c10-4-9(14)13-5-6-1-2-8(12)7(11)3-6/h1-3H,4-5H2,(H,13,14). The fourth-order valence-corrected chi connectivity index (χ4v) is 1.30. The van der Waals surface area contributed by atoms with E-state index in [9.17, 15) is 9.18 Å². The van der Waals surface area contributed by atoms with Crippen LogP contribution in [0.3, 0.4) is 0 Å². The zero-order chi connectivity index (χ0) is 10.6. The molecule has 0 saturated carbocycles. The van der Waals surface area contributed by atoms with Crippen molar-refractivity contribution in [2.45, 2.75) is 6.54 Å². The SMILES string of the molecule is O=C(CBr)NCc1ccc(F)c(Cl)c1. The van der Waals surface area contributed by atoms with Crippen molar-refractivity contribution in [2.75, 3.05) is 5.33 Å². The van der Waals surface area contributed by atoms with Crippen LogP contribution in [0.5, 0.6) is 0 Å². The van der Waals surface area contributed by atoms with Crippen molar-refractivity contribution in [3.05, 3.63) is 34.6 Å². The van der Waals surface area contributed by atoms with Gasteiger partial charge >= 0.3 is 0 Å². The molecule has 0 aliphatic carbocycles. The number of carbonyl (C=O) groups excluding carboxylic acids is 1. The quantitative estimate of drug-likeness (QED) is 0.847. The van der Waals surface area contributed by atoms with Crippen LogP contribution in [0, 0.1) is 5.82 Å². The van der Waals surface area contributed by atoms with Crippen molar-refractivity contribution in [3.8, 4) is 0 Å². The highest BCUT2D eigenvalue weighted by Crippen LogP contribution is 2.15. The average molecular weight is 281 g/mol. The van der Waals surface area contributed by atoms with Crippen LogP contribution in [-0.4, -0.2) is 11.2 Å². The second-order valence-corrected chi connectivity index (χ2v) is 3.63. The van der Waals surface area contributed by atoms with E-state index < -0.39 is 5.82 Å². The molecule has 5 heteroatoms. The van der Waals surface area contributed by atoms with Gasteiger partial charge in [0.25, 0.3) is 0 Å². The molecule has 1 N–H and O–H groups in total. The molecule has 0 aliphatic rings. The molecule has 0 spiro atoms. The molecule has 0 aliphatic heterocycles. The summed E-state index contributed by atoms with van der Waals surface area (Å²) in [6, 6.07) is 4.35. The summed E-state index contributed by atoms with van der Waals surface area (Å²) in [4.78, 5) is 10.9. The zero-order valence-electron chi connectivity index (χ0n) is 7.19.